The van der Waals surface area contributed by atoms with Gasteiger partial charge >= 0.3 is 0 Å². The van der Waals surface area contributed by atoms with Crippen molar-refractivity contribution in [3.63, 3.8) is 0 Å². The number of aromatic nitrogens is 2. The number of aryl methyl sites for hydroxylation is 1. The molecule has 7 heteroatoms. The van der Waals surface area contributed by atoms with Crippen LogP contribution in [0, 0.1) is 5.92 Å². The zero-order chi connectivity index (χ0) is 15.7. The maximum absolute atomic E-state index is 12.6. The summed E-state index contributed by atoms with van der Waals surface area (Å²) in [6, 6.07) is 1.81. The minimum Gasteiger partial charge on any atom is -0.383 e. The number of rotatable bonds is 4. The summed E-state index contributed by atoms with van der Waals surface area (Å²) in [6.45, 7) is 2.21. The van der Waals surface area contributed by atoms with Crippen LogP contribution in [0.5, 0.6) is 0 Å². The highest BCUT2D eigenvalue weighted by atomic mass is 16.5. The lowest BCUT2D eigenvalue weighted by Gasteiger charge is -2.35. The largest absolute Gasteiger partial charge is 0.383 e. The van der Waals surface area contributed by atoms with Crippen LogP contribution in [-0.2, 0) is 16.6 Å². The van der Waals surface area contributed by atoms with Crippen molar-refractivity contribution in [1.82, 2.24) is 19.6 Å². The van der Waals surface area contributed by atoms with Crippen LogP contribution in [0.15, 0.2) is 12.3 Å². The summed E-state index contributed by atoms with van der Waals surface area (Å²) in [6.07, 6.45) is 3.57. The van der Waals surface area contributed by atoms with Crippen molar-refractivity contribution in [3.8, 4) is 0 Å². The molecule has 120 valence electrons. The molecule has 3 saturated heterocycles. The quantitative estimate of drug-likeness (QED) is 0.793. The highest BCUT2D eigenvalue weighted by Crippen LogP contribution is 2.29. The zero-order valence-electron chi connectivity index (χ0n) is 13.1. The molecule has 0 saturated carbocycles. The van der Waals surface area contributed by atoms with Crippen LogP contribution in [0.1, 0.15) is 23.3 Å². The summed E-state index contributed by atoms with van der Waals surface area (Å²) >= 11 is 0. The molecule has 3 fully saturated rings. The van der Waals surface area contributed by atoms with Crippen LogP contribution >= 0.6 is 0 Å². The molecular formula is C15H22N4O3. The van der Waals surface area contributed by atoms with E-state index in [2.05, 4.69) is 5.10 Å². The molecule has 4 rings (SSSR count). The van der Waals surface area contributed by atoms with Crippen LogP contribution in [0.25, 0.3) is 0 Å². The van der Waals surface area contributed by atoms with E-state index >= 15 is 0 Å². The highest BCUT2D eigenvalue weighted by Gasteiger charge is 2.41. The third-order valence-electron chi connectivity index (χ3n) is 4.55. The molecule has 7 nitrogen and oxygen atoms in total. The van der Waals surface area contributed by atoms with Gasteiger partial charge < -0.3 is 14.5 Å². The van der Waals surface area contributed by atoms with Gasteiger partial charge in [-0.25, -0.2) is 0 Å². The van der Waals surface area contributed by atoms with Crippen LogP contribution in [-0.4, -0.2) is 70.8 Å². The van der Waals surface area contributed by atoms with E-state index in [-0.39, 0.29) is 23.8 Å². The van der Waals surface area contributed by atoms with E-state index in [0.29, 0.717) is 31.9 Å². The third kappa shape index (κ3) is 2.72. The Kier molecular flexibility index (Phi) is 4.15. The highest BCUT2D eigenvalue weighted by molar-refractivity contribution is 5.93. The van der Waals surface area contributed by atoms with Crippen molar-refractivity contribution in [2.75, 3.05) is 33.4 Å². The average Bonchev–Trinajstić information content (AvgIpc) is 2.76. The Morgan fingerprint density at radius 3 is 2.91 bits per heavy atom. The summed E-state index contributed by atoms with van der Waals surface area (Å²) in [5, 5.41) is 4.18. The van der Waals surface area contributed by atoms with Crippen LogP contribution < -0.4 is 0 Å². The zero-order valence-corrected chi connectivity index (χ0v) is 13.1. The molecule has 0 aromatic carbocycles. The first-order valence-electron chi connectivity index (χ1n) is 7.68. The minimum absolute atomic E-state index is 0.0844. The molecule has 0 N–H and O–H groups in total. The number of fused-ring (bicyclic) bond motifs is 4. The van der Waals surface area contributed by atoms with Gasteiger partial charge in [0.25, 0.3) is 5.91 Å². The van der Waals surface area contributed by atoms with Gasteiger partial charge in [0.2, 0.25) is 5.91 Å². The molecule has 0 unspecified atom stereocenters. The normalized spacial score (nSPS) is 24.7. The van der Waals surface area contributed by atoms with Crippen molar-refractivity contribution >= 4 is 11.8 Å². The molecule has 22 heavy (non-hydrogen) atoms. The van der Waals surface area contributed by atoms with Crippen molar-refractivity contribution in [1.29, 1.82) is 0 Å². The van der Waals surface area contributed by atoms with E-state index in [1.807, 2.05) is 4.90 Å². The van der Waals surface area contributed by atoms with Crippen LogP contribution in [0.3, 0.4) is 0 Å². The van der Waals surface area contributed by atoms with Crippen LogP contribution in [0.2, 0.25) is 0 Å². The Balaban J connectivity index is 1.77. The van der Waals surface area contributed by atoms with Crippen LogP contribution in [0.4, 0.5) is 0 Å². The number of nitrogens with zero attached hydrogens (tertiary/aromatic N) is 4. The smallest absolute Gasteiger partial charge is 0.274 e. The van der Waals surface area contributed by atoms with E-state index in [9.17, 15) is 9.59 Å². The van der Waals surface area contributed by atoms with Crippen molar-refractivity contribution in [2.24, 2.45) is 13.0 Å². The Bertz CT molecular complexity index is 571. The fourth-order valence-electron chi connectivity index (χ4n) is 3.38. The monoisotopic (exact) mass is 306 g/mol. The number of amides is 2. The minimum atomic E-state index is -0.0942. The molecule has 0 radical (unpaired) electrons. The lowest BCUT2D eigenvalue weighted by molar-refractivity contribution is -0.140. The van der Waals surface area contributed by atoms with Gasteiger partial charge in [-0.2, -0.15) is 5.10 Å². The van der Waals surface area contributed by atoms with Gasteiger partial charge in [0, 0.05) is 46.0 Å². The Morgan fingerprint density at radius 1 is 1.41 bits per heavy atom. The maximum atomic E-state index is 12.6. The summed E-state index contributed by atoms with van der Waals surface area (Å²) in [5.41, 5.74) is 0.444. The number of hydrogen-bond acceptors (Lipinski definition) is 4. The molecule has 2 bridgehead atoms. The molecule has 2 amide bonds. The average molecular weight is 306 g/mol. The van der Waals surface area contributed by atoms with Gasteiger partial charge in [0.1, 0.15) is 5.69 Å². The predicted octanol–water partition coefficient (Wildman–Crippen LogP) is 0.129. The number of piperidine rings is 1. The summed E-state index contributed by atoms with van der Waals surface area (Å²) in [4.78, 5) is 28.8. The third-order valence-corrected chi connectivity index (χ3v) is 4.55. The number of carbonyl (C=O) groups excluding carboxylic acids is 2. The van der Waals surface area contributed by atoms with Crippen molar-refractivity contribution in [3.05, 3.63) is 18.0 Å². The lowest BCUT2D eigenvalue weighted by atomic mass is 9.94. The standard InChI is InChI=1S/C15H22N4O3/c1-17-6-5-13(16-17)15(21)18-9-11-3-4-12(10-18)19(14(11)20)7-8-22-2/h5-6,11-12H,3-4,7-10H2,1-2H3/t11-,12+/m0/s1. The maximum Gasteiger partial charge on any atom is 0.274 e. The molecule has 2 atom stereocenters. The fraction of sp³-hybridized carbons (Fsp3) is 0.667. The second-order valence-corrected chi connectivity index (χ2v) is 6.04. The van der Waals surface area contributed by atoms with E-state index in [0.717, 1.165) is 12.8 Å². The lowest BCUT2D eigenvalue weighted by Crippen LogP contribution is -2.49. The van der Waals surface area contributed by atoms with Gasteiger partial charge in [-0.1, -0.05) is 0 Å². The number of methoxy groups -OCH3 is 1. The molecule has 3 aliphatic rings. The van der Waals surface area contributed by atoms with Gasteiger partial charge in [0.15, 0.2) is 0 Å². The molecule has 3 aliphatic heterocycles. The van der Waals surface area contributed by atoms with Crippen molar-refractivity contribution in [2.45, 2.75) is 18.9 Å². The molecule has 1 aromatic rings. The Hall–Kier alpha value is -1.89. The van der Waals surface area contributed by atoms with E-state index in [4.69, 9.17) is 4.74 Å². The first-order chi connectivity index (χ1) is 10.6. The molecule has 0 aliphatic carbocycles. The summed E-state index contributed by atoms with van der Waals surface area (Å²) < 4.78 is 6.72. The first-order valence-corrected chi connectivity index (χ1v) is 7.68. The van der Waals surface area contributed by atoms with E-state index in [1.165, 1.54) is 0 Å². The number of carbonyl (C=O) groups is 2. The predicted molar refractivity (Wildman–Crippen MR) is 79.2 cm³/mol. The van der Waals surface area contributed by atoms with Gasteiger partial charge in [-0.15, -0.1) is 0 Å². The molecule has 0 spiro atoms. The molecule has 4 heterocycles. The number of ether oxygens (including phenoxy) is 1. The van der Waals surface area contributed by atoms with Gasteiger partial charge in [-0.05, 0) is 18.9 Å². The second-order valence-electron chi connectivity index (χ2n) is 6.04. The van der Waals surface area contributed by atoms with E-state index < -0.39 is 0 Å². The Labute approximate surface area is 129 Å². The number of hydrogen-bond donors (Lipinski definition) is 0. The second kappa shape index (κ2) is 6.08. The van der Waals surface area contributed by atoms with Gasteiger partial charge in [0.05, 0.1) is 12.5 Å². The van der Waals surface area contributed by atoms with Crippen molar-refractivity contribution < 1.29 is 14.3 Å². The first kappa shape index (κ1) is 15.0. The van der Waals surface area contributed by atoms with E-state index in [1.54, 1.807) is 36.0 Å². The SMILES string of the molecule is COCCN1C(=O)[C@H]2CC[C@@H]1CN(C(=O)c1ccn(C)n1)C2. The molecule has 1 aromatic heterocycles. The summed E-state index contributed by atoms with van der Waals surface area (Å²) in [7, 11) is 3.43. The summed E-state index contributed by atoms with van der Waals surface area (Å²) in [5.74, 6) is -0.0215. The Morgan fingerprint density at radius 2 is 2.23 bits per heavy atom. The van der Waals surface area contributed by atoms with Gasteiger partial charge in [-0.3, -0.25) is 14.3 Å². The topological polar surface area (TPSA) is 67.7 Å². The molecular weight excluding hydrogens is 284 g/mol. The fourth-order valence-corrected chi connectivity index (χ4v) is 3.38.